The summed E-state index contributed by atoms with van der Waals surface area (Å²) in [5, 5.41) is 11.7. The summed E-state index contributed by atoms with van der Waals surface area (Å²) in [6.07, 6.45) is 1.86. The molecule has 4 heterocycles. The van der Waals surface area contributed by atoms with Crippen LogP contribution in [0.3, 0.4) is 0 Å². The quantitative estimate of drug-likeness (QED) is 0.401. The van der Waals surface area contributed by atoms with Crippen molar-refractivity contribution in [3.63, 3.8) is 0 Å². The molecule has 0 radical (unpaired) electrons. The molecular formula is C18H34FN7O. The van der Waals surface area contributed by atoms with Gasteiger partial charge in [-0.25, -0.2) is 14.8 Å². The monoisotopic (exact) mass is 383 g/mol. The number of nitrogens with zero attached hydrogens (tertiary/aromatic N) is 2. The maximum atomic E-state index is 13.7. The number of piperidine rings is 2. The van der Waals surface area contributed by atoms with Crippen LogP contribution < -0.4 is 27.1 Å². The summed E-state index contributed by atoms with van der Waals surface area (Å²) in [6, 6.07) is 0.139. The van der Waals surface area contributed by atoms with Crippen molar-refractivity contribution < 1.29 is 9.18 Å². The minimum Gasteiger partial charge on any atom is -0.351 e. The zero-order valence-electron chi connectivity index (χ0n) is 16.2. The Labute approximate surface area is 160 Å². The van der Waals surface area contributed by atoms with E-state index in [9.17, 15) is 9.18 Å². The van der Waals surface area contributed by atoms with E-state index in [-0.39, 0.29) is 31.2 Å². The third kappa shape index (κ3) is 4.13. The smallest absolute Gasteiger partial charge is 0.229 e. The molecule has 4 aliphatic heterocycles. The van der Waals surface area contributed by atoms with Crippen LogP contribution in [0.15, 0.2) is 0 Å². The molecule has 4 aliphatic rings. The highest BCUT2D eigenvalue weighted by atomic mass is 19.1. The molecule has 7 atom stereocenters. The summed E-state index contributed by atoms with van der Waals surface area (Å²) in [4.78, 5) is 15.5. The van der Waals surface area contributed by atoms with Crippen molar-refractivity contribution in [3.05, 3.63) is 0 Å². The van der Waals surface area contributed by atoms with Gasteiger partial charge in [0.1, 0.15) is 6.17 Å². The Morgan fingerprint density at radius 2 is 2.11 bits per heavy atom. The van der Waals surface area contributed by atoms with E-state index in [1.165, 1.54) is 12.8 Å². The van der Waals surface area contributed by atoms with Gasteiger partial charge in [0.05, 0.1) is 18.2 Å². The highest BCUT2D eigenvalue weighted by molar-refractivity contribution is 5.80. The Morgan fingerprint density at radius 1 is 1.26 bits per heavy atom. The second kappa shape index (κ2) is 8.26. The summed E-state index contributed by atoms with van der Waals surface area (Å²) >= 11 is 0. The van der Waals surface area contributed by atoms with Gasteiger partial charge in [-0.2, -0.15) is 0 Å². The molecule has 0 bridgehead atoms. The van der Waals surface area contributed by atoms with E-state index < -0.39 is 18.3 Å². The van der Waals surface area contributed by atoms with Crippen molar-refractivity contribution >= 4 is 5.91 Å². The average Bonchev–Trinajstić information content (AvgIpc) is 2.97. The lowest BCUT2D eigenvalue weighted by molar-refractivity contribution is -0.128. The number of carbonyl (C=O) groups is 1. The van der Waals surface area contributed by atoms with Gasteiger partial charge < -0.3 is 21.3 Å². The van der Waals surface area contributed by atoms with Gasteiger partial charge >= 0.3 is 0 Å². The van der Waals surface area contributed by atoms with E-state index in [1.807, 2.05) is 0 Å². The maximum Gasteiger partial charge on any atom is 0.229 e. The largest absolute Gasteiger partial charge is 0.351 e. The maximum absolute atomic E-state index is 13.7. The fraction of sp³-hybridized carbons (Fsp3) is 0.944. The molecule has 0 aromatic rings. The predicted molar refractivity (Wildman–Crippen MR) is 101 cm³/mol. The molecule has 0 spiro atoms. The Hall–Kier alpha value is -0.840. The first-order chi connectivity index (χ1) is 13.0. The number of likely N-dealkylation sites (tertiary alicyclic amines) is 1. The zero-order chi connectivity index (χ0) is 19.0. The van der Waals surface area contributed by atoms with Gasteiger partial charge in [0, 0.05) is 25.7 Å². The van der Waals surface area contributed by atoms with Gasteiger partial charge in [-0.05, 0) is 57.8 Å². The first kappa shape index (κ1) is 19.5. The van der Waals surface area contributed by atoms with E-state index in [0.717, 1.165) is 32.6 Å². The zero-order valence-corrected chi connectivity index (χ0v) is 16.2. The van der Waals surface area contributed by atoms with Gasteiger partial charge in [-0.3, -0.25) is 10.1 Å². The first-order valence-electron chi connectivity index (χ1n) is 10.4. The molecule has 4 rings (SSSR count). The molecule has 6 N–H and O–H groups in total. The molecule has 4 fully saturated rings. The van der Waals surface area contributed by atoms with Crippen LogP contribution in [0.5, 0.6) is 0 Å². The number of fused-ring (bicyclic) bond motifs is 1. The lowest BCUT2D eigenvalue weighted by atomic mass is 9.77. The first-order valence-corrected chi connectivity index (χ1v) is 10.4. The molecular weight excluding hydrogens is 349 g/mol. The van der Waals surface area contributed by atoms with E-state index in [1.54, 1.807) is 5.01 Å². The second-order valence-electron chi connectivity index (χ2n) is 8.72. The minimum absolute atomic E-state index is 0.0265. The number of halogens is 1. The van der Waals surface area contributed by atoms with Crippen molar-refractivity contribution in [2.24, 2.45) is 23.5 Å². The number of nitrogens with two attached hydrogens (primary N) is 1. The van der Waals surface area contributed by atoms with Crippen molar-refractivity contribution in [1.29, 1.82) is 0 Å². The van der Waals surface area contributed by atoms with E-state index in [4.69, 9.17) is 5.73 Å². The normalized spacial score (nSPS) is 44.0. The van der Waals surface area contributed by atoms with Crippen LogP contribution in [-0.4, -0.2) is 86.7 Å². The molecule has 7 unspecified atom stereocenters. The number of alkyl halides is 1. The SMILES string of the molecule is CN1CCC(C2CCCNC2)C(NC(=O)C2C(N)NN3CC(F)CNC23)C1. The van der Waals surface area contributed by atoms with Crippen molar-refractivity contribution in [3.8, 4) is 0 Å². The number of hydrogen-bond acceptors (Lipinski definition) is 7. The number of rotatable bonds is 3. The van der Waals surface area contributed by atoms with Gasteiger partial charge in [0.25, 0.3) is 0 Å². The third-order valence-corrected chi connectivity index (χ3v) is 6.76. The second-order valence-corrected chi connectivity index (χ2v) is 8.72. The molecule has 9 heteroatoms. The van der Waals surface area contributed by atoms with Crippen LogP contribution in [0, 0.1) is 17.8 Å². The Morgan fingerprint density at radius 3 is 2.89 bits per heavy atom. The average molecular weight is 384 g/mol. The Balaban J connectivity index is 1.43. The third-order valence-electron chi connectivity index (χ3n) is 6.76. The van der Waals surface area contributed by atoms with Crippen LogP contribution in [-0.2, 0) is 4.79 Å². The molecule has 1 amide bonds. The van der Waals surface area contributed by atoms with E-state index in [2.05, 4.69) is 33.3 Å². The van der Waals surface area contributed by atoms with Gasteiger partial charge in [-0.1, -0.05) is 0 Å². The molecule has 0 aromatic carbocycles. The fourth-order valence-electron chi connectivity index (χ4n) is 5.35. The van der Waals surface area contributed by atoms with Crippen LogP contribution in [0.1, 0.15) is 19.3 Å². The van der Waals surface area contributed by atoms with Crippen LogP contribution in [0.25, 0.3) is 0 Å². The molecule has 154 valence electrons. The highest BCUT2D eigenvalue weighted by Crippen LogP contribution is 2.30. The molecule has 0 saturated carbocycles. The minimum atomic E-state index is -0.946. The number of carbonyl (C=O) groups excluding carboxylic acids is 1. The number of likely N-dealkylation sites (N-methyl/N-ethyl adjacent to an activating group) is 1. The summed E-state index contributed by atoms with van der Waals surface area (Å²) in [6.45, 7) is 4.62. The number of hydrazine groups is 1. The van der Waals surface area contributed by atoms with Crippen molar-refractivity contribution in [1.82, 2.24) is 31.3 Å². The Kier molecular flexibility index (Phi) is 5.96. The summed E-state index contributed by atoms with van der Waals surface area (Å²) in [5.74, 6) is 0.662. The lowest BCUT2D eigenvalue weighted by Gasteiger charge is -2.43. The van der Waals surface area contributed by atoms with E-state index >= 15 is 0 Å². The number of amides is 1. The summed E-state index contributed by atoms with van der Waals surface area (Å²) < 4.78 is 13.7. The predicted octanol–water partition coefficient (Wildman–Crippen LogP) is -1.59. The molecule has 4 saturated heterocycles. The number of hydrogen-bond donors (Lipinski definition) is 5. The van der Waals surface area contributed by atoms with Gasteiger partial charge in [-0.15, -0.1) is 0 Å². The molecule has 27 heavy (non-hydrogen) atoms. The molecule has 0 aromatic heterocycles. The topological polar surface area (TPSA) is 97.7 Å². The lowest BCUT2D eigenvalue weighted by Crippen LogP contribution is -2.61. The summed E-state index contributed by atoms with van der Waals surface area (Å²) in [5.41, 5.74) is 9.26. The van der Waals surface area contributed by atoms with E-state index in [0.29, 0.717) is 11.8 Å². The van der Waals surface area contributed by atoms with Crippen molar-refractivity contribution in [2.45, 2.75) is 43.8 Å². The van der Waals surface area contributed by atoms with Crippen LogP contribution >= 0.6 is 0 Å². The van der Waals surface area contributed by atoms with Crippen LogP contribution in [0.4, 0.5) is 4.39 Å². The Bertz CT molecular complexity index is 532. The van der Waals surface area contributed by atoms with Gasteiger partial charge in [0.2, 0.25) is 5.91 Å². The molecule has 8 nitrogen and oxygen atoms in total. The summed E-state index contributed by atoms with van der Waals surface area (Å²) in [7, 11) is 2.11. The van der Waals surface area contributed by atoms with Gasteiger partial charge in [0.15, 0.2) is 0 Å². The number of nitrogens with one attached hydrogen (secondary N) is 4. The highest BCUT2D eigenvalue weighted by Gasteiger charge is 2.48. The standard InChI is InChI=1S/C18H34FN7O/c1-25-6-4-13(11-3-2-5-21-7-11)14(10-25)23-18(27)15-16(20)24-26-9-12(19)8-22-17(15)26/h11-17,21-22,24H,2-10,20H2,1H3,(H,23,27). The van der Waals surface area contributed by atoms with Crippen molar-refractivity contribution in [2.75, 3.05) is 46.3 Å². The molecule has 0 aliphatic carbocycles. The van der Waals surface area contributed by atoms with Crippen LogP contribution in [0.2, 0.25) is 0 Å². The fourth-order valence-corrected chi connectivity index (χ4v) is 5.35.